The molecule has 4 nitrogen and oxygen atoms in total. The highest BCUT2D eigenvalue weighted by atomic mass is 15.1. The first-order valence-electron chi connectivity index (χ1n) is 10.2. The second-order valence-corrected chi connectivity index (χ2v) is 7.79. The van der Waals surface area contributed by atoms with Crippen LogP contribution >= 0.6 is 0 Å². The largest absolute Gasteiger partial charge is 0.367 e. The quantitative estimate of drug-likeness (QED) is 0.556. The van der Waals surface area contributed by atoms with Crippen molar-refractivity contribution in [2.45, 2.75) is 52.0 Å². The molecule has 0 radical (unpaired) electrons. The molecule has 2 aromatic carbocycles. The van der Waals surface area contributed by atoms with Crippen LogP contribution < -0.4 is 10.6 Å². The molecule has 1 aliphatic rings. The molecule has 1 fully saturated rings. The van der Waals surface area contributed by atoms with Crippen LogP contribution in [0.3, 0.4) is 0 Å². The van der Waals surface area contributed by atoms with Gasteiger partial charge in [-0.2, -0.15) is 4.98 Å². The van der Waals surface area contributed by atoms with Crippen LogP contribution in [0.25, 0.3) is 11.1 Å². The average Bonchev–Trinajstić information content (AvgIpc) is 2.72. The summed E-state index contributed by atoms with van der Waals surface area (Å²) >= 11 is 0. The van der Waals surface area contributed by atoms with Gasteiger partial charge in [-0.25, -0.2) is 4.98 Å². The second kappa shape index (κ2) is 8.42. The third-order valence-corrected chi connectivity index (χ3v) is 5.41. The third kappa shape index (κ3) is 4.50. The Morgan fingerprint density at radius 2 is 1.46 bits per heavy atom. The topological polar surface area (TPSA) is 49.8 Å². The molecule has 0 unspecified atom stereocenters. The SMILES string of the molecule is Cc1ccc(Nc2ncc(-c3ccc(C)cc3)c(NC3CCCCC3)n2)cc1. The summed E-state index contributed by atoms with van der Waals surface area (Å²) < 4.78 is 0. The summed E-state index contributed by atoms with van der Waals surface area (Å²) in [5.74, 6) is 1.54. The third-order valence-electron chi connectivity index (χ3n) is 5.41. The number of nitrogens with zero attached hydrogens (tertiary/aromatic N) is 2. The van der Waals surface area contributed by atoms with Gasteiger partial charge in [0.15, 0.2) is 0 Å². The lowest BCUT2D eigenvalue weighted by Crippen LogP contribution is -2.23. The standard InChI is InChI=1S/C24H28N4/c1-17-8-12-19(13-9-17)22-16-25-24(27-21-14-10-18(2)11-15-21)28-23(22)26-20-6-4-3-5-7-20/h8-16,20H,3-7H2,1-2H3,(H2,25,26,27,28). The number of nitrogens with one attached hydrogen (secondary N) is 2. The van der Waals surface area contributed by atoms with Crippen molar-refractivity contribution in [3.8, 4) is 11.1 Å². The molecule has 0 aliphatic heterocycles. The van der Waals surface area contributed by atoms with Crippen LogP contribution in [-0.4, -0.2) is 16.0 Å². The number of benzene rings is 2. The summed E-state index contributed by atoms with van der Waals surface area (Å²) in [6.45, 7) is 4.19. The summed E-state index contributed by atoms with van der Waals surface area (Å²) in [6.07, 6.45) is 8.26. The van der Waals surface area contributed by atoms with Gasteiger partial charge in [0.1, 0.15) is 5.82 Å². The van der Waals surface area contributed by atoms with Crippen LogP contribution in [0.1, 0.15) is 43.2 Å². The molecule has 1 aromatic heterocycles. The van der Waals surface area contributed by atoms with Crippen molar-refractivity contribution in [2.75, 3.05) is 10.6 Å². The van der Waals surface area contributed by atoms with E-state index in [2.05, 4.69) is 78.0 Å². The Morgan fingerprint density at radius 1 is 0.821 bits per heavy atom. The predicted octanol–water partition coefficient (Wildman–Crippen LogP) is 6.25. The molecule has 3 aromatic rings. The van der Waals surface area contributed by atoms with Gasteiger partial charge < -0.3 is 10.6 Å². The predicted molar refractivity (Wildman–Crippen MR) is 117 cm³/mol. The molecule has 0 spiro atoms. The van der Waals surface area contributed by atoms with E-state index in [1.54, 1.807) is 0 Å². The van der Waals surface area contributed by atoms with Crippen LogP contribution in [0.2, 0.25) is 0 Å². The molecule has 0 atom stereocenters. The van der Waals surface area contributed by atoms with Crippen molar-refractivity contribution in [1.82, 2.24) is 9.97 Å². The van der Waals surface area contributed by atoms with Gasteiger partial charge in [-0.3, -0.25) is 0 Å². The smallest absolute Gasteiger partial charge is 0.229 e. The Morgan fingerprint density at radius 3 is 2.14 bits per heavy atom. The number of hydrogen-bond acceptors (Lipinski definition) is 4. The molecule has 2 N–H and O–H groups in total. The van der Waals surface area contributed by atoms with E-state index >= 15 is 0 Å². The van der Waals surface area contributed by atoms with Crippen LogP contribution in [0.5, 0.6) is 0 Å². The molecule has 1 heterocycles. The van der Waals surface area contributed by atoms with Crippen molar-refractivity contribution in [2.24, 2.45) is 0 Å². The highest BCUT2D eigenvalue weighted by molar-refractivity contribution is 5.76. The van der Waals surface area contributed by atoms with Gasteiger partial charge >= 0.3 is 0 Å². The lowest BCUT2D eigenvalue weighted by atomic mass is 9.95. The first-order valence-corrected chi connectivity index (χ1v) is 10.2. The number of aryl methyl sites for hydroxylation is 2. The average molecular weight is 373 g/mol. The van der Waals surface area contributed by atoms with E-state index in [1.165, 1.54) is 43.2 Å². The monoisotopic (exact) mass is 372 g/mol. The minimum absolute atomic E-state index is 0.486. The number of aromatic nitrogens is 2. The summed E-state index contributed by atoms with van der Waals surface area (Å²) in [7, 11) is 0. The number of rotatable bonds is 5. The van der Waals surface area contributed by atoms with E-state index in [0.29, 0.717) is 12.0 Å². The van der Waals surface area contributed by atoms with Gasteiger partial charge in [0.05, 0.1) is 0 Å². The van der Waals surface area contributed by atoms with Crippen LogP contribution in [0.4, 0.5) is 17.5 Å². The molecule has 1 saturated carbocycles. The van der Waals surface area contributed by atoms with Crippen molar-refractivity contribution in [3.63, 3.8) is 0 Å². The Balaban J connectivity index is 1.64. The van der Waals surface area contributed by atoms with E-state index in [1.807, 2.05) is 6.20 Å². The van der Waals surface area contributed by atoms with Crippen LogP contribution in [0, 0.1) is 13.8 Å². The van der Waals surface area contributed by atoms with Crippen molar-refractivity contribution >= 4 is 17.5 Å². The van der Waals surface area contributed by atoms with E-state index < -0.39 is 0 Å². The first kappa shape index (κ1) is 18.5. The zero-order valence-electron chi connectivity index (χ0n) is 16.7. The van der Waals surface area contributed by atoms with Gasteiger partial charge in [0, 0.05) is 23.5 Å². The highest BCUT2D eigenvalue weighted by Crippen LogP contribution is 2.30. The van der Waals surface area contributed by atoms with Crippen LogP contribution in [0.15, 0.2) is 54.7 Å². The molecule has 0 saturated heterocycles. The highest BCUT2D eigenvalue weighted by Gasteiger charge is 2.17. The minimum Gasteiger partial charge on any atom is -0.367 e. The van der Waals surface area contributed by atoms with E-state index in [0.717, 1.165) is 22.6 Å². The Kier molecular flexibility index (Phi) is 5.56. The summed E-state index contributed by atoms with van der Waals surface area (Å²) in [5, 5.41) is 7.04. The maximum atomic E-state index is 4.85. The lowest BCUT2D eigenvalue weighted by Gasteiger charge is -2.24. The van der Waals surface area contributed by atoms with E-state index in [4.69, 9.17) is 4.98 Å². The van der Waals surface area contributed by atoms with Gasteiger partial charge in [0.25, 0.3) is 0 Å². The van der Waals surface area contributed by atoms with Gasteiger partial charge in [0.2, 0.25) is 5.95 Å². The second-order valence-electron chi connectivity index (χ2n) is 7.79. The van der Waals surface area contributed by atoms with Gasteiger partial charge in [-0.1, -0.05) is 66.8 Å². The fourth-order valence-electron chi connectivity index (χ4n) is 3.70. The Labute approximate surface area is 167 Å². The van der Waals surface area contributed by atoms with E-state index in [9.17, 15) is 0 Å². The minimum atomic E-state index is 0.486. The maximum absolute atomic E-state index is 4.85. The molecule has 1 aliphatic carbocycles. The summed E-state index contributed by atoms with van der Waals surface area (Å²) in [6, 6.07) is 17.3. The maximum Gasteiger partial charge on any atom is 0.229 e. The first-order chi connectivity index (χ1) is 13.7. The number of hydrogen-bond donors (Lipinski definition) is 2. The van der Waals surface area contributed by atoms with Crippen molar-refractivity contribution < 1.29 is 0 Å². The fraction of sp³-hybridized carbons (Fsp3) is 0.333. The van der Waals surface area contributed by atoms with Crippen molar-refractivity contribution in [3.05, 3.63) is 65.9 Å². The normalized spacial score (nSPS) is 14.6. The fourth-order valence-corrected chi connectivity index (χ4v) is 3.70. The zero-order chi connectivity index (χ0) is 19.3. The lowest BCUT2D eigenvalue weighted by molar-refractivity contribution is 0.462. The summed E-state index contributed by atoms with van der Waals surface area (Å²) in [4.78, 5) is 9.44. The molecule has 28 heavy (non-hydrogen) atoms. The molecular weight excluding hydrogens is 344 g/mol. The Hall–Kier alpha value is -2.88. The molecule has 4 heteroatoms. The molecule has 144 valence electrons. The molecule has 4 rings (SSSR count). The summed E-state index contributed by atoms with van der Waals surface area (Å²) in [5.41, 5.74) is 5.69. The van der Waals surface area contributed by atoms with Crippen LogP contribution in [-0.2, 0) is 0 Å². The van der Waals surface area contributed by atoms with Gasteiger partial charge in [-0.15, -0.1) is 0 Å². The molecule has 0 amide bonds. The van der Waals surface area contributed by atoms with Crippen molar-refractivity contribution in [1.29, 1.82) is 0 Å². The molecule has 0 bridgehead atoms. The van der Waals surface area contributed by atoms with E-state index in [-0.39, 0.29) is 0 Å². The molecular formula is C24H28N4. The number of anilines is 3. The van der Waals surface area contributed by atoms with Gasteiger partial charge in [-0.05, 0) is 44.4 Å². The Bertz CT molecular complexity index is 910. The zero-order valence-corrected chi connectivity index (χ0v) is 16.7.